The molecule has 31 heavy (non-hydrogen) atoms. The average Bonchev–Trinajstić information content (AvgIpc) is 2.70. The van der Waals surface area contributed by atoms with Gasteiger partial charge in [0, 0.05) is 24.7 Å². The third kappa shape index (κ3) is 4.56. The lowest BCUT2D eigenvalue weighted by Crippen LogP contribution is -2.35. The predicted molar refractivity (Wildman–Crippen MR) is 112 cm³/mol. The SMILES string of the molecule is C.O=c1c(-c2cccc(Cl)c2)c(C(F)(F)F)oc2c(CN3CCOCC3)c(O)ccc12. The van der Waals surface area contributed by atoms with E-state index in [4.69, 9.17) is 20.8 Å². The monoisotopic (exact) mass is 455 g/mol. The number of fused-ring (bicyclic) bond motifs is 1. The van der Waals surface area contributed by atoms with Crippen LogP contribution in [0.5, 0.6) is 5.75 Å². The van der Waals surface area contributed by atoms with Gasteiger partial charge < -0.3 is 14.3 Å². The first kappa shape index (κ1) is 23.1. The quantitative estimate of drug-likeness (QED) is 0.580. The normalized spacial score (nSPS) is 15.1. The van der Waals surface area contributed by atoms with Crippen LogP contribution in [0, 0.1) is 0 Å². The van der Waals surface area contributed by atoms with E-state index in [9.17, 15) is 23.1 Å². The molecule has 1 fully saturated rings. The van der Waals surface area contributed by atoms with E-state index in [0.717, 1.165) is 0 Å². The molecule has 0 aliphatic carbocycles. The lowest BCUT2D eigenvalue weighted by Gasteiger charge is -2.27. The minimum atomic E-state index is -4.92. The van der Waals surface area contributed by atoms with Gasteiger partial charge in [-0.3, -0.25) is 9.69 Å². The van der Waals surface area contributed by atoms with Gasteiger partial charge in [0.1, 0.15) is 11.3 Å². The number of halogens is 4. The zero-order chi connectivity index (χ0) is 21.5. The highest BCUT2D eigenvalue weighted by atomic mass is 35.5. The third-order valence-corrected chi connectivity index (χ3v) is 5.23. The Hall–Kier alpha value is -2.55. The van der Waals surface area contributed by atoms with Crippen molar-refractivity contribution in [2.45, 2.75) is 20.1 Å². The second-order valence-corrected chi connectivity index (χ2v) is 7.41. The Morgan fingerprint density at radius 3 is 2.48 bits per heavy atom. The first-order valence-corrected chi connectivity index (χ1v) is 9.58. The van der Waals surface area contributed by atoms with E-state index in [1.165, 1.54) is 36.4 Å². The van der Waals surface area contributed by atoms with E-state index in [2.05, 4.69) is 0 Å². The summed E-state index contributed by atoms with van der Waals surface area (Å²) in [7, 11) is 0. The fourth-order valence-corrected chi connectivity index (χ4v) is 3.74. The lowest BCUT2D eigenvalue weighted by molar-refractivity contribution is -0.152. The first-order chi connectivity index (χ1) is 14.3. The predicted octanol–water partition coefficient (Wildman–Crippen LogP) is 5.31. The van der Waals surface area contributed by atoms with E-state index in [-0.39, 0.29) is 46.8 Å². The molecule has 2 heterocycles. The molecule has 0 spiro atoms. The number of ether oxygens (including phenoxy) is 1. The molecule has 1 aliphatic rings. The summed E-state index contributed by atoms with van der Waals surface area (Å²) in [5.41, 5.74) is -1.58. The number of aromatic hydroxyl groups is 1. The Balaban J connectivity index is 0.00000272. The third-order valence-electron chi connectivity index (χ3n) is 4.99. The number of phenolic OH excluding ortho intramolecular Hbond substituents is 1. The highest BCUT2D eigenvalue weighted by molar-refractivity contribution is 6.30. The standard InChI is InChI=1S/C21H17ClF3NO4.CH4/c22-13-3-1-2-12(10-13)17-18(28)14-4-5-16(27)15(11-26-6-8-29-9-7-26)19(14)30-20(17)21(23,24)25;/h1-5,10,27H,6-9,11H2;1H4. The van der Waals surface area contributed by atoms with Crippen LogP contribution in [-0.4, -0.2) is 36.3 Å². The molecule has 1 aromatic heterocycles. The molecule has 1 aliphatic heterocycles. The second kappa shape index (κ2) is 8.90. The second-order valence-electron chi connectivity index (χ2n) is 6.97. The molecule has 9 heteroatoms. The molecule has 1 N–H and O–H groups in total. The summed E-state index contributed by atoms with van der Waals surface area (Å²) in [5.74, 6) is -1.66. The molecule has 0 unspecified atom stereocenters. The fourth-order valence-electron chi connectivity index (χ4n) is 3.55. The zero-order valence-corrected chi connectivity index (χ0v) is 16.4. The van der Waals surface area contributed by atoms with Crippen molar-refractivity contribution in [1.29, 1.82) is 0 Å². The van der Waals surface area contributed by atoms with Crippen molar-refractivity contribution in [3.63, 3.8) is 0 Å². The van der Waals surface area contributed by atoms with Gasteiger partial charge in [0.2, 0.25) is 11.2 Å². The van der Waals surface area contributed by atoms with Gasteiger partial charge >= 0.3 is 6.18 Å². The van der Waals surface area contributed by atoms with Crippen molar-refractivity contribution in [3.05, 3.63) is 63.0 Å². The number of morpholine rings is 1. The minimum Gasteiger partial charge on any atom is -0.507 e. The van der Waals surface area contributed by atoms with E-state index >= 15 is 0 Å². The number of benzene rings is 2. The molecule has 2 aromatic carbocycles. The maximum absolute atomic E-state index is 13.9. The number of phenols is 1. The van der Waals surface area contributed by atoms with Gasteiger partial charge in [0.05, 0.1) is 29.7 Å². The Morgan fingerprint density at radius 2 is 1.84 bits per heavy atom. The number of nitrogens with zero attached hydrogens (tertiary/aromatic N) is 1. The summed E-state index contributed by atoms with van der Waals surface area (Å²) in [6, 6.07) is 8.18. The smallest absolute Gasteiger partial charge is 0.450 e. The highest BCUT2D eigenvalue weighted by Crippen LogP contribution is 2.39. The van der Waals surface area contributed by atoms with E-state index in [1.807, 2.05) is 4.90 Å². The van der Waals surface area contributed by atoms with Gasteiger partial charge in [0.15, 0.2) is 0 Å². The fraction of sp³-hybridized carbons (Fsp3) is 0.318. The van der Waals surface area contributed by atoms with E-state index in [0.29, 0.717) is 26.3 Å². The molecule has 5 nitrogen and oxygen atoms in total. The average molecular weight is 456 g/mol. The first-order valence-electron chi connectivity index (χ1n) is 9.20. The molecule has 166 valence electrons. The molecule has 3 aromatic rings. The number of hydrogen-bond donors (Lipinski definition) is 1. The van der Waals surface area contributed by atoms with Crippen LogP contribution in [0.15, 0.2) is 45.6 Å². The molecular weight excluding hydrogens is 435 g/mol. The molecule has 0 radical (unpaired) electrons. The Bertz CT molecular complexity index is 1150. The maximum atomic E-state index is 13.9. The summed E-state index contributed by atoms with van der Waals surface area (Å²) in [6.07, 6.45) is -4.92. The van der Waals surface area contributed by atoms with Crippen molar-refractivity contribution >= 4 is 22.6 Å². The van der Waals surface area contributed by atoms with Crippen LogP contribution < -0.4 is 5.43 Å². The van der Waals surface area contributed by atoms with Crippen LogP contribution in [0.3, 0.4) is 0 Å². The molecular formula is C22H21ClF3NO4. The summed E-state index contributed by atoms with van der Waals surface area (Å²) in [6.45, 7) is 2.17. The van der Waals surface area contributed by atoms with Crippen molar-refractivity contribution < 1.29 is 27.4 Å². The van der Waals surface area contributed by atoms with Gasteiger partial charge in [-0.2, -0.15) is 13.2 Å². The summed E-state index contributed by atoms with van der Waals surface area (Å²) < 4.78 is 52.2. The Kier molecular flexibility index (Phi) is 6.64. The van der Waals surface area contributed by atoms with Crippen molar-refractivity contribution in [1.82, 2.24) is 4.90 Å². The van der Waals surface area contributed by atoms with Crippen LogP contribution in [0.4, 0.5) is 13.2 Å². The molecule has 0 amide bonds. The van der Waals surface area contributed by atoms with Crippen LogP contribution in [0.2, 0.25) is 5.02 Å². The number of alkyl halides is 3. The van der Waals surface area contributed by atoms with Crippen LogP contribution in [-0.2, 0) is 17.5 Å². The Labute approximate surface area is 181 Å². The summed E-state index contributed by atoms with van der Waals surface area (Å²) in [4.78, 5) is 15.1. The minimum absolute atomic E-state index is 0. The van der Waals surface area contributed by atoms with Gasteiger partial charge in [-0.05, 0) is 29.8 Å². The summed E-state index contributed by atoms with van der Waals surface area (Å²) in [5, 5.41) is 10.5. The molecule has 1 saturated heterocycles. The van der Waals surface area contributed by atoms with Gasteiger partial charge in [-0.1, -0.05) is 31.2 Å². The largest absolute Gasteiger partial charge is 0.507 e. The van der Waals surface area contributed by atoms with Crippen molar-refractivity contribution in [3.8, 4) is 16.9 Å². The molecule has 4 rings (SSSR count). The van der Waals surface area contributed by atoms with Crippen LogP contribution in [0.1, 0.15) is 18.8 Å². The molecule has 0 atom stereocenters. The van der Waals surface area contributed by atoms with Crippen molar-refractivity contribution in [2.75, 3.05) is 26.3 Å². The van der Waals surface area contributed by atoms with Gasteiger partial charge in [-0.15, -0.1) is 0 Å². The number of hydrogen-bond acceptors (Lipinski definition) is 5. The van der Waals surface area contributed by atoms with Crippen LogP contribution in [0.25, 0.3) is 22.1 Å². The highest BCUT2D eigenvalue weighted by Gasteiger charge is 2.40. The molecule has 0 bridgehead atoms. The zero-order valence-electron chi connectivity index (χ0n) is 15.6. The van der Waals surface area contributed by atoms with Crippen molar-refractivity contribution in [2.24, 2.45) is 0 Å². The van der Waals surface area contributed by atoms with E-state index in [1.54, 1.807) is 0 Å². The topological polar surface area (TPSA) is 62.9 Å². The van der Waals surface area contributed by atoms with Crippen LogP contribution >= 0.6 is 11.6 Å². The summed E-state index contributed by atoms with van der Waals surface area (Å²) >= 11 is 5.92. The molecule has 0 saturated carbocycles. The lowest BCUT2D eigenvalue weighted by atomic mass is 10.00. The Morgan fingerprint density at radius 1 is 1.13 bits per heavy atom. The van der Waals surface area contributed by atoms with Gasteiger partial charge in [-0.25, -0.2) is 0 Å². The van der Waals surface area contributed by atoms with E-state index < -0.39 is 22.9 Å². The number of rotatable bonds is 3. The van der Waals surface area contributed by atoms with Gasteiger partial charge in [0.25, 0.3) is 0 Å². The maximum Gasteiger partial charge on any atom is 0.450 e.